The molecule has 0 spiro atoms. The Labute approximate surface area is 91.1 Å². The number of carbonyl (C=O) groups excluding carboxylic acids is 1. The Morgan fingerprint density at radius 3 is 2.69 bits per heavy atom. The molecule has 7 heteroatoms. The van der Waals surface area contributed by atoms with Gasteiger partial charge in [-0.15, -0.1) is 0 Å². The van der Waals surface area contributed by atoms with Crippen LogP contribution in [-0.4, -0.2) is 18.0 Å². The number of nitro benzene ring substituents is 1. The van der Waals surface area contributed by atoms with Crippen molar-refractivity contribution in [1.82, 2.24) is 0 Å². The summed E-state index contributed by atoms with van der Waals surface area (Å²) in [4.78, 5) is 25.1. The Balaban J connectivity index is 2.98. The first kappa shape index (κ1) is 11.8. The van der Waals surface area contributed by atoms with E-state index in [1.807, 2.05) is 0 Å². The quantitative estimate of drug-likeness (QED) is 0.617. The number of ether oxygens (including phenoxy) is 1. The van der Waals surface area contributed by atoms with E-state index in [1.165, 1.54) is 32.2 Å². The molecule has 0 aliphatic carbocycles. The molecule has 0 fully saturated rings. The van der Waals surface area contributed by atoms with Crippen molar-refractivity contribution in [2.75, 3.05) is 12.6 Å². The van der Waals surface area contributed by atoms with Crippen molar-refractivity contribution in [2.45, 2.75) is 6.92 Å². The van der Waals surface area contributed by atoms with Crippen LogP contribution in [0.5, 0.6) is 5.75 Å². The van der Waals surface area contributed by atoms with Gasteiger partial charge in [-0.2, -0.15) is 0 Å². The predicted octanol–water partition coefficient (Wildman–Crippen LogP) is 1.49. The molecule has 0 atom stereocenters. The number of nitrogens with zero attached hydrogens (tertiary/aromatic N) is 1. The summed E-state index contributed by atoms with van der Waals surface area (Å²) in [5, 5.41) is 10.7. The maximum atomic E-state index is 10.7. The van der Waals surface area contributed by atoms with E-state index >= 15 is 0 Å². The SMILES string of the molecule is COc1ccc(NOC(C)=O)c([N+](=O)[O-])c1. The van der Waals surface area contributed by atoms with Crippen LogP contribution >= 0.6 is 0 Å². The van der Waals surface area contributed by atoms with E-state index in [4.69, 9.17) is 4.74 Å². The smallest absolute Gasteiger partial charge is 0.329 e. The van der Waals surface area contributed by atoms with Gasteiger partial charge < -0.3 is 9.57 Å². The molecule has 0 saturated carbocycles. The second-order valence-corrected chi connectivity index (χ2v) is 2.84. The lowest BCUT2D eigenvalue weighted by Gasteiger charge is -2.06. The number of hydrogen-bond donors (Lipinski definition) is 1. The van der Waals surface area contributed by atoms with Crippen molar-refractivity contribution in [2.24, 2.45) is 0 Å². The molecule has 86 valence electrons. The van der Waals surface area contributed by atoms with Crippen LogP contribution in [0.4, 0.5) is 11.4 Å². The van der Waals surface area contributed by atoms with Crippen LogP contribution in [0.15, 0.2) is 18.2 Å². The lowest BCUT2D eigenvalue weighted by molar-refractivity contribution is -0.384. The fourth-order valence-corrected chi connectivity index (χ4v) is 1.00. The summed E-state index contributed by atoms with van der Waals surface area (Å²) >= 11 is 0. The van der Waals surface area contributed by atoms with Gasteiger partial charge in [-0.1, -0.05) is 0 Å². The Hall–Kier alpha value is -2.31. The third-order valence-electron chi connectivity index (χ3n) is 1.71. The van der Waals surface area contributed by atoms with Crippen molar-refractivity contribution in [1.29, 1.82) is 0 Å². The minimum absolute atomic E-state index is 0.0843. The summed E-state index contributed by atoms with van der Waals surface area (Å²) in [5.74, 6) is -0.245. The standard InChI is InChI=1S/C9H10N2O5/c1-6(12)16-10-8-4-3-7(15-2)5-9(8)11(13)14/h3-5,10H,1-2H3. The van der Waals surface area contributed by atoms with Crippen LogP contribution in [0.2, 0.25) is 0 Å². The fraction of sp³-hybridized carbons (Fsp3) is 0.222. The highest BCUT2D eigenvalue weighted by molar-refractivity contribution is 5.69. The number of carbonyl (C=O) groups is 1. The minimum Gasteiger partial charge on any atom is -0.496 e. The highest BCUT2D eigenvalue weighted by Gasteiger charge is 2.15. The highest BCUT2D eigenvalue weighted by atomic mass is 16.7. The van der Waals surface area contributed by atoms with Crippen molar-refractivity contribution < 1.29 is 19.3 Å². The summed E-state index contributed by atoms with van der Waals surface area (Å²) in [6.07, 6.45) is 0. The second kappa shape index (κ2) is 4.96. The van der Waals surface area contributed by atoms with Gasteiger partial charge in [0.1, 0.15) is 11.4 Å². The Bertz CT molecular complexity index is 418. The number of anilines is 1. The molecule has 1 aromatic carbocycles. The average molecular weight is 226 g/mol. The first-order valence-electron chi connectivity index (χ1n) is 4.30. The van der Waals surface area contributed by atoms with Crippen molar-refractivity contribution >= 4 is 17.3 Å². The largest absolute Gasteiger partial charge is 0.496 e. The maximum Gasteiger partial charge on any atom is 0.329 e. The average Bonchev–Trinajstić information content (AvgIpc) is 2.25. The molecule has 0 saturated heterocycles. The molecular formula is C9H10N2O5. The first-order valence-corrected chi connectivity index (χ1v) is 4.30. The van der Waals surface area contributed by atoms with E-state index in [0.717, 1.165) is 0 Å². The van der Waals surface area contributed by atoms with Gasteiger partial charge in [-0.3, -0.25) is 14.9 Å². The molecule has 0 aliphatic rings. The summed E-state index contributed by atoms with van der Waals surface area (Å²) in [6, 6.07) is 4.13. The second-order valence-electron chi connectivity index (χ2n) is 2.84. The van der Waals surface area contributed by atoms with E-state index in [9.17, 15) is 14.9 Å². The molecule has 0 unspecified atom stereocenters. The molecule has 1 N–H and O–H groups in total. The zero-order valence-corrected chi connectivity index (χ0v) is 8.72. The van der Waals surface area contributed by atoms with Gasteiger partial charge in [0.2, 0.25) is 0 Å². The zero-order valence-electron chi connectivity index (χ0n) is 8.72. The van der Waals surface area contributed by atoms with Gasteiger partial charge in [-0.05, 0) is 12.1 Å². The normalized spacial score (nSPS) is 9.38. The monoisotopic (exact) mass is 226 g/mol. The predicted molar refractivity (Wildman–Crippen MR) is 55.0 cm³/mol. The van der Waals surface area contributed by atoms with Crippen molar-refractivity contribution in [3.05, 3.63) is 28.3 Å². The van der Waals surface area contributed by atoms with Gasteiger partial charge in [0.15, 0.2) is 0 Å². The molecule has 0 heterocycles. The van der Waals surface area contributed by atoms with Gasteiger partial charge >= 0.3 is 5.97 Å². The number of nitro groups is 1. The summed E-state index contributed by atoms with van der Waals surface area (Å²) in [7, 11) is 1.40. The van der Waals surface area contributed by atoms with Crippen LogP contribution in [0.3, 0.4) is 0 Å². The third-order valence-corrected chi connectivity index (χ3v) is 1.71. The van der Waals surface area contributed by atoms with Gasteiger partial charge in [0.25, 0.3) is 5.69 Å². The molecule has 0 amide bonds. The molecule has 1 aromatic rings. The molecule has 0 radical (unpaired) electrons. The number of nitrogens with one attached hydrogen (secondary N) is 1. The highest BCUT2D eigenvalue weighted by Crippen LogP contribution is 2.28. The summed E-state index contributed by atoms with van der Waals surface area (Å²) in [5.41, 5.74) is 2.05. The molecule has 16 heavy (non-hydrogen) atoms. The van der Waals surface area contributed by atoms with Crippen LogP contribution in [0.1, 0.15) is 6.92 Å². The first-order chi connectivity index (χ1) is 7.54. The van der Waals surface area contributed by atoms with E-state index in [0.29, 0.717) is 5.75 Å². The van der Waals surface area contributed by atoms with E-state index in [-0.39, 0.29) is 11.4 Å². The zero-order chi connectivity index (χ0) is 12.1. The van der Waals surface area contributed by atoms with Crippen molar-refractivity contribution in [3.8, 4) is 5.75 Å². The Morgan fingerprint density at radius 2 is 2.19 bits per heavy atom. The van der Waals surface area contributed by atoms with Gasteiger partial charge in [0, 0.05) is 6.92 Å². The van der Waals surface area contributed by atoms with Gasteiger partial charge in [-0.25, -0.2) is 5.48 Å². The minimum atomic E-state index is -0.603. The lowest BCUT2D eigenvalue weighted by Crippen LogP contribution is -2.08. The summed E-state index contributed by atoms with van der Waals surface area (Å²) < 4.78 is 4.85. The van der Waals surface area contributed by atoms with E-state index in [1.54, 1.807) is 0 Å². The topological polar surface area (TPSA) is 90.7 Å². The lowest BCUT2D eigenvalue weighted by atomic mass is 10.2. The van der Waals surface area contributed by atoms with Crippen LogP contribution in [0, 0.1) is 10.1 Å². The molecular weight excluding hydrogens is 216 g/mol. The Kier molecular flexibility index (Phi) is 3.65. The Morgan fingerprint density at radius 1 is 1.50 bits per heavy atom. The molecule has 7 nitrogen and oxygen atoms in total. The van der Waals surface area contributed by atoms with Crippen LogP contribution in [-0.2, 0) is 9.63 Å². The molecule has 1 rings (SSSR count). The molecule has 0 bridgehead atoms. The molecule has 0 aliphatic heterocycles. The number of hydrogen-bond acceptors (Lipinski definition) is 6. The number of rotatable bonds is 4. The van der Waals surface area contributed by atoms with E-state index in [2.05, 4.69) is 10.3 Å². The fourth-order valence-electron chi connectivity index (χ4n) is 1.00. The van der Waals surface area contributed by atoms with Gasteiger partial charge in [0.05, 0.1) is 18.1 Å². The molecule has 0 aromatic heterocycles. The van der Waals surface area contributed by atoms with E-state index < -0.39 is 10.9 Å². The van der Waals surface area contributed by atoms with Crippen LogP contribution in [0.25, 0.3) is 0 Å². The third kappa shape index (κ3) is 2.84. The summed E-state index contributed by atoms with van der Waals surface area (Å²) in [6.45, 7) is 1.18. The number of methoxy groups -OCH3 is 1. The number of benzene rings is 1. The van der Waals surface area contributed by atoms with Crippen molar-refractivity contribution in [3.63, 3.8) is 0 Å². The maximum absolute atomic E-state index is 10.7. The van der Waals surface area contributed by atoms with Crippen LogP contribution < -0.4 is 10.2 Å².